The second-order valence-corrected chi connectivity index (χ2v) is 5.97. The summed E-state index contributed by atoms with van der Waals surface area (Å²) in [7, 11) is 0. The Kier molecular flexibility index (Phi) is 3.72. The van der Waals surface area contributed by atoms with Gasteiger partial charge in [0, 0.05) is 4.88 Å². The monoisotopic (exact) mass is 254 g/mol. The van der Waals surface area contributed by atoms with Gasteiger partial charge in [-0.25, -0.2) is 4.79 Å². The Morgan fingerprint density at radius 3 is 2.82 bits per heavy atom. The molecular weight excluding hydrogens is 236 g/mol. The van der Waals surface area contributed by atoms with E-state index in [9.17, 15) is 4.79 Å². The van der Waals surface area contributed by atoms with Crippen molar-refractivity contribution < 1.29 is 14.6 Å². The third-order valence-electron chi connectivity index (χ3n) is 2.96. The molecule has 0 amide bonds. The average Bonchev–Trinajstić information content (AvgIpc) is 2.95. The third-order valence-corrected chi connectivity index (χ3v) is 4.37. The Labute approximate surface area is 105 Å². The molecule has 0 saturated heterocycles. The minimum atomic E-state index is -0.886. The summed E-state index contributed by atoms with van der Waals surface area (Å²) in [5, 5.41) is 9.11. The molecule has 1 N–H and O–H groups in total. The van der Waals surface area contributed by atoms with Crippen LogP contribution in [0.25, 0.3) is 0 Å². The molecule has 1 aromatic heterocycles. The van der Waals surface area contributed by atoms with Crippen molar-refractivity contribution in [3.8, 4) is 5.75 Å². The van der Waals surface area contributed by atoms with Crippen molar-refractivity contribution in [1.82, 2.24) is 0 Å². The van der Waals surface area contributed by atoms with E-state index in [0.29, 0.717) is 23.2 Å². The van der Waals surface area contributed by atoms with E-state index in [1.807, 2.05) is 6.07 Å². The summed E-state index contributed by atoms with van der Waals surface area (Å²) in [5.74, 6) is 0.820. The Bertz CT molecular complexity index is 405. The van der Waals surface area contributed by atoms with Gasteiger partial charge in [0.25, 0.3) is 0 Å². The third kappa shape index (κ3) is 3.22. The average molecular weight is 254 g/mol. The molecule has 4 heteroatoms. The van der Waals surface area contributed by atoms with Crippen molar-refractivity contribution in [2.24, 2.45) is 5.92 Å². The molecule has 1 aromatic rings. The fraction of sp³-hybridized carbons (Fsp3) is 0.615. The van der Waals surface area contributed by atoms with E-state index < -0.39 is 5.97 Å². The maximum absolute atomic E-state index is 11.1. The van der Waals surface area contributed by atoms with Crippen molar-refractivity contribution in [1.29, 1.82) is 0 Å². The fourth-order valence-electron chi connectivity index (χ4n) is 1.68. The smallest absolute Gasteiger partial charge is 0.349 e. The normalized spacial score (nSPS) is 15.2. The van der Waals surface area contributed by atoms with Gasteiger partial charge in [0.05, 0.1) is 6.61 Å². The van der Waals surface area contributed by atoms with Crippen LogP contribution in [0.5, 0.6) is 5.75 Å². The van der Waals surface area contributed by atoms with Crippen LogP contribution in [0, 0.1) is 5.92 Å². The van der Waals surface area contributed by atoms with E-state index in [-0.39, 0.29) is 0 Å². The lowest BCUT2D eigenvalue weighted by Crippen LogP contribution is -2.01. The molecule has 0 spiro atoms. The van der Waals surface area contributed by atoms with Gasteiger partial charge in [0.15, 0.2) is 4.88 Å². The van der Waals surface area contributed by atoms with Gasteiger partial charge >= 0.3 is 5.97 Å². The molecule has 1 fully saturated rings. The quantitative estimate of drug-likeness (QED) is 0.841. The van der Waals surface area contributed by atoms with E-state index in [4.69, 9.17) is 9.84 Å². The molecule has 94 valence electrons. The topological polar surface area (TPSA) is 46.5 Å². The highest BCUT2D eigenvalue weighted by Gasteiger charge is 2.22. The molecule has 0 aliphatic heterocycles. The van der Waals surface area contributed by atoms with Gasteiger partial charge in [0.1, 0.15) is 5.75 Å². The second-order valence-electron chi connectivity index (χ2n) is 4.88. The van der Waals surface area contributed by atoms with Crippen LogP contribution in [0.3, 0.4) is 0 Å². The number of aromatic carboxylic acids is 1. The number of ether oxygens (including phenoxy) is 1. The summed E-state index contributed by atoms with van der Waals surface area (Å²) in [6.07, 6.45) is 3.65. The number of rotatable bonds is 6. The van der Waals surface area contributed by atoms with Gasteiger partial charge in [-0.15, -0.1) is 11.3 Å². The summed E-state index contributed by atoms with van der Waals surface area (Å²) < 4.78 is 5.61. The lowest BCUT2D eigenvalue weighted by Gasteiger charge is -2.04. The molecule has 2 rings (SSSR count). The van der Waals surface area contributed by atoms with E-state index >= 15 is 0 Å². The zero-order chi connectivity index (χ0) is 12.4. The molecule has 1 saturated carbocycles. The zero-order valence-electron chi connectivity index (χ0n) is 10.2. The summed E-state index contributed by atoms with van der Waals surface area (Å²) >= 11 is 1.33. The Morgan fingerprint density at radius 2 is 2.29 bits per heavy atom. The van der Waals surface area contributed by atoms with E-state index in [1.54, 1.807) is 0 Å². The second kappa shape index (κ2) is 5.08. The van der Waals surface area contributed by atoms with Crippen LogP contribution in [0.4, 0.5) is 0 Å². The number of carbonyl (C=O) groups is 1. The minimum absolute atomic E-state index is 0.337. The van der Waals surface area contributed by atoms with Gasteiger partial charge in [-0.3, -0.25) is 0 Å². The molecular formula is C13H18O3S. The number of thiophene rings is 1. The first-order chi connectivity index (χ1) is 8.08. The molecule has 0 radical (unpaired) electrons. The maximum atomic E-state index is 11.1. The van der Waals surface area contributed by atoms with Crippen LogP contribution in [-0.2, 0) is 0 Å². The van der Waals surface area contributed by atoms with Crippen LogP contribution in [0.15, 0.2) is 6.07 Å². The lowest BCUT2D eigenvalue weighted by atomic mass is 10.2. The highest BCUT2D eigenvalue weighted by molar-refractivity contribution is 7.14. The molecule has 1 aliphatic rings. The van der Waals surface area contributed by atoms with Gasteiger partial charge in [-0.1, -0.05) is 26.7 Å². The van der Waals surface area contributed by atoms with Crippen molar-refractivity contribution in [3.05, 3.63) is 15.8 Å². The van der Waals surface area contributed by atoms with Crippen molar-refractivity contribution >= 4 is 17.3 Å². The predicted molar refractivity (Wildman–Crippen MR) is 68.2 cm³/mol. The Morgan fingerprint density at radius 1 is 1.59 bits per heavy atom. The van der Waals surface area contributed by atoms with Crippen LogP contribution in [-0.4, -0.2) is 17.7 Å². The van der Waals surface area contributed by atoms with Crippen molar-refractivity contribution in [2.45, 2.75) is 39.0 Å². The highest BCUT2D eigenvalue weighted by atomic mass is 32.1. The molecule has 0 aromatic carbocycles. The Hall–Kier alpha value is -1.03. The standard InChI is InChI=1S/C13H18O3S/c1-8(2)11-7-10(12(17-11)13(14)15)16-6-5-9-3-4-9/h7-9H,3-6H2,1-2H3,(H,14,15). The lowest BCUT2D eigenvalue weighted by molar-refractivity contribution is 0.0698. The van der Waals surface area contributed by atoms with Crippen LogP contribution in [0.1, 0.15) is 53.6 Å². The van der Waals surface area contributed by atoms with E-state index in [0.717, 1.165) is 17.2 Å². The highest BCUT2D eigenvalue weighted by Crippen LogP contribution is 2.35. The largest absolute Gasteiger partial charge is 0.492 e. The van der Waals surface area contributed by atoms with Gasteiger partial charge in [0.2, 0.25) is 0 Å². The summed E-state index contributed by atoms with van der Waals surface area (Å²) in [6.45, 7) is 4.76. The van der Waals surface area contributed by atoms with Crippen molar-refractivity contribution in [2.75, 3.05) is 6.61 Å². The van der Waals surface area contributed by atoms with E-state index in [1.165, 1.54) is 24.2 Å². The summed E-state index contributed by atoms with van der Waals surface area (Å²) in [5.41, 5.74) is 0. The number of hydrogen-bond donors (Lipinski definition) is 1. The first-order valence-corrected chi connectivity index (χ1v) is 6.89. The molecule has 0 atom stereocenters. The first kappa shape index (κ1) is 12.4. The molecule has 1 aliphatic carbocycles. The molecule has 0 unspecified atom stereocenters. The van der Waals surface area contributed by atoms with Crippen LogP contribution < -0.4 is 4.74 Å². The minimum Gasteiger partial charge on any atom is -0.492 e. The van der Waals surface area contributed by atoms with Crippen molar-refractivity contribution in [3.63, 3.8) is 0 Å². The molecule has 1 heterocycles. The molecule has 3 nitrogen and oxygen atoms in total. The van der Waals surface area contributed by atoms with Gasteiger partial charge < -0.3 is 9.84 Å². The summed E-state index contributed by atoms with van der Waals surface area (Å²) in [4.78, 5) is 12.5. The number of carboxylic acids is 1. The zero-order valence-corrected chi connectivity index (χ0v) is 11.0. The first-order valence-electron chi connectivity index (χ1n) is 6.07. The van der Waals surface area contributed by atoms with Gasteiger partial charge in [-0.2, -0.15) is 0 Å². The summed E-state index contributed by atoms with van der Waals surface area (Å²) in [6, 6.07) is 1.88. The number of carboxylic acid groups (broad SMARTS) is 1. The Balaban J connectivity index is 2.03. The van der Waals surface area contributed by atoms with Crippen LogP contribution >= 0.6 is 11.3 Å². The predicted octanol–water partition coefficient (Wildman–Crippen LogP) is 3.75. The van der Waals surface area contributed by atoms with Crippen LogP contribution in [0.2, 0.25) is 0 Å². The molecule has 17 heavy (non-hydrogen) atoms. The maximum Gasteiger partial charge on any atom is 0.349 e. The molecule has 0 bridgehead atoms. The van der Waals surface area contributed by atoms with Gasteiger partial charge in [-0.05, 0) is 24.3 Å². The SMILES string of the molecule is CC(C)c1cc(OCCC2CC2)c(C(=O)O)s1. The number of hydrogen-bond acceptors (Lipinski definition) is 3. The van der Waals surface area contributed by atoms with E-state index in [2.05, 4.69) is 13.8 Å². The fourth-order valence-corrected chi connectivity index (χ4v) is 2.62.